The van der Waals surface area contributed by atoms with Gasteiger partial charge in [-0.05, 0) is 65.7 Å². The first-order valence-electron chi connectivity index (χ1n) is 7.91. The fourth-order valence-electron chi connectivity index (χ4n) is 3.25. The molecule has 0 heterocycles. The molecule has 0 radical (unpaired) electrons. The van der Waals surface area contributed by atoms with E-state index in [1.807, 2.05) is 6.07 Å². The van der Waals surface area contributed by atoms with Crippen LogP contribution in [0.5, 0.6) is 0 Å². The van der Waals surface area contributed by atoms with Crippen molar-refractivity contribution in [1.29, 1.82) is 0 Å². The molecule has 0 aliphatic heterocycles. The number of halogens is 2. The third-order valence-corrected chi connectivity index (χ3v) is 5.48. The van der Waals surface area contributed by atoms with Gasteiger partial charge < -0.3 is 4.90 Å². The topological polar surface area (TPSA) is 20.3 Å². The highest BCUT2D eigenvalue weighted by molar-refractivity contribution is 9.10. The van der Waals surface area contributed by atoms with Crippen LogP contribution in [0, 0.1) is 5.92 Å². The summed E-state index contributed by atoms with van der Waals surface area (Å²) in [4.78, 5) is 15.0. The lowest BCUT2D eigenvalue weighted by molar-refractivity contribution is 0.0698. The maximum Gasteiger partial charge on any atom is 0.255 e. The minimum absolute atomic E-state index is 0.159. The molecular weight excluding hydrogens is 350 g/mol. The minimum Gasteiger partial charge on any atom is -0.335 e. The van der Waals surface area contributed by atoms with E-state index in [-0.39, 0.29) is 5.91 Å². The van der Waals surface area contributed by atoms with Gasteiger partial charge in [0, 0.05) is 22.1 Å². The number of carbonyl (C=O) groups is 1. The Balaban J connectivity index is 1.75. The Morgan fingerprint density at radius 3 is 2.52 bits per heavy atom. The van der Waals surface area contributed by atoms with E-state index in [9.17, 15) is 4.79 Å². The van der Waals surface area contributed by atoms with Crippen molar-refractivity contribution >= 4 is 33.4 Å². The van der Waals surface area contributed by atoms with E-state index < -0.39 is 0 Å². The quantitative estimate of drug-likeness (QED) is 0.705. The maximum atomic E-state index is 12.9. The second-order valence-electron chi connectivity index (χ2n) is 6.32. The molecule has 2 aliphatic rings. The van der Waals surface area contributed by atoms with Crippen molar-refractivity contribution in [2.45, 2.75) is 51.0 Å². The molecule has 0 unspecified atom stereocenters. The first kappa shape index (κ1) is 15.4. The second kappa shape index (κ2) is 6.70. The van der Waals surface area contributed by atoms with Crippen LogP contribution in [0.25, 0.3) is 0 Å². The summed E-state index contributed by atoms with van der Waals surface area (Å²) in [6, 6.07) is 5.90. The molecule has 1 aromatic rings. The summed E-state index contributed by atoms with van der Waals surface area (Å²) in [5, 5.41) is 0.656. The molecule has 0 aromatic heterocycles. The van der Waals surface area contributed by atoms with Gasteiger partial charge in [-0.1, -0.05) is 30.9 Å². The molecule has 2 saturated carbocycles. The molecule has 4 heteroatoms. The Labute approximate surface area is 140 Å². The highest BCUT2D eigenvalue weighted by Crippen LogP contribution is 2.33. The number of benzene rings is 1. The number of nitrogens with zero attached hydrogens (tertiary/aromatic N) is 1. The minimum atomic E-state index is 0.159. The number of carbonyl (C=O) groups excluding carboxylic acids is 1. The van der Waals surface area contributed by atoms with Crippen molar-refractivity contribution in [1.82, 2.24) is 4.90 Å². The maximum absolute atomic E-state index is 12.9. The smallest absolute Gasteiger partial charge is 0.255 e. The SMILES string of the molecule is O=C(c1ccc(Cl)cc1Br)N(CC1CCCCC1)C1CC1. The zero-order valence-corrected chi connectivity index (χ0v) is 14.5. The Kier molecular flexibility index (Phi) is 4.90. The average Bonchev–Trinajstić information content (AvgIpc) is 3.30. The summed E-state index contributed by atoms with van der Waals surface area (Å²) >= 11 is 9.46. The largest absolute Gasteiger partial charge is 0.335 e. The van der Waals surface area contributed by atoms with Crippen molar-refractivity contribution < 1.29 is 4.79 Å². The summed E-state index contributed by atoms with van der Waals surface area (Å²) in [5.74, 6) is 0.848. The van der Waals surface area contributed by atoms with E-state index in [0.29, 0.717) is 17.0 Å². The van der Waals surface area contributed by atoms with Crippen molar-refractivity contribution in [2.75, 3.05) is 6.54 Å². The van der Waals surface area contributed by atoms with Crippen LogP contribution in [0.2, 0.25) is 5.02 Å². The fraction of sp³-hybridized carbons (Fsp3) is 0.588. The summed E-state index contributed by atoms with van der Waals surface area (Å²) in [6.45, 7) is 0.929. The van der Waals surface area contributed by atoms with Crippen LogP contribution in [0.4, 0.5) is 0 Å². The molecule has 0 saturated heterocycles. The van der Waals surface area contributed by atoms with E-state index in [1.165, 1.54) is 32.1 Å². The first-order chi connectivity index (χ1) is 10.1. The normalized spacial score (nSPS) is 19.5. The van der Waals surface area contributed by atoms with Crippen LogP contribution in [-0.2, 0) is 0 Å². The van der Waals surface area contributed by atoms with Crippen molar-refractivity contribution in [3.63, 3.8) is 0 Å². The standard InChI is InChI=1S/C17H21BrClNO/c18-16-10-13(19)6-9-15(16)17(21)20(14-7-8-14)11-12-4-2-1-3-5-12/h6,9-10,12,14H,1-5,7-8,11H2. The number of hydrogen-bond acceptors (Lipinski definition) is 1. The van der Waals surface area contributed by atoms with Crippen LogP contribution in [0.3, 0.4) is 0 Å². The second-order valence-corrected chi connectivity index (χ2v) is 7.61. The third-order valence-electron chi connectivity index (χ3n) is 4.59. The van der Waals surface area contributed by atoms with Gasteiger partial charge in [0.05, 0.1) is 5.56 Å². The molecule has 2 aliphatic carbocycles. The van der Waals surface area contributed by atoms with Crippen molar-refractivity contribution in [3.05, 3.63) is 33.3 Å². The number of rotatable bonds is 4. The Hall–Kier alpha value is -0.540. The van der Waals surface area contributed by atoms with Crippen LogP contribution in [0.1, 0.15) is 55.3 Å². The molecule has 1 aromatic carbocycles. The molecule has 2 nitrogen and oxygen atoms in total. The van der Waals surface area contributed by atoms with Gasteiger partial charge in [0.15, 0.2) is 0 Å². The van der Waals surface area contributed by atoms with E-state index >= 15 is 0 Å². The summed E-state index contributed by atoms with van der Waals surface area (Å²) in [6.07, 6.45) is 8.87. The van der Waals surface area contributed by atoms with Crippen LogP contribution < -0.4 is 0 Å². The zero-order chi connectivity index (χ0) is 14.8. The van der Waals surface area contributed by atoms with Gasteiger partial charge in [-0.3, -0.25) is 4.79 Å². The first-order valence-corrected chi connectivity index (χ1v) is 9.08. The fourth-order valence-corrected chi connectivity index (χ4v) is 4.10. The molecule has 3 rings (SSSR count). The molecule has 0 spiro atoms. The molecule has 21 heavy (non-hydrogen) atoms. The lowest BCUT2D eigenvalue weighted by atomic mass is 9.89. The molecule has 0 atom stereocenters. The predicted octanol–water partition coefficient (Wildman–Crippen LogP) is 5.29. The highest BCUT2D eigenvalue weighted by Gasteiger charge is 2.35. The average molecular weight is 371 g/mol. The molecule has 0 N–H and O–H groups in total. The Morgan fingerprint density at radius 1 is 1.19 bits per heavy atom. The Morgan fingerprint density at radius 2 is 1.90 bits per heavy atom. The van der Waals surface area contributed by atoms with Gasteiger partial charge in [0.2, 0.25) is 0 Å². The predicted molar refractivity (Wildman–Crippen MR) is 89.8 cm³/mol. The molecule has 2 fully saturated rings. The monoisotopic (exact) mass is 369 g/mol. The van der Waals surface area contributed by atoms with E-state index in [2.05, 4.69) is 20.8 Å². The Bertz CT molecular complexity index is 524. The molecular formula is C17H21BrClNO. The van der Waals surface area contributed by atoms with E-state index in [0.717, 1.165) is 29.4 Å². The highest BCUT2D eigenvalue weighted by atomic mass is 79.9. The summed E-state index contributed by atoms with van der Waals surface area (Å²) in [7, 11) is 0. The van der Waals surface area contributed by atoms with Crippen LogP contribution in [0.15, 0.2) is 22.7 Å². The van der Waals surface area contributed by atoms with Gasteiger partial charge >= 0.3 is 0 Å². The van der Waals surface area contributed by atoms with Crippen LogP contribution >= 0.6 is 27.5 Å². The molecule has 114 valence electrons. The zero-order valence-electron chi connectivity index (χ0n) is 12.2. The van der Waals surface area contributed by atoms with Gasteiger partial charge in [0.1, 0.15) is 0 Å². The van der Waals surface area contributed by atoms with E-state index in [4.69, 9.17) is 11.6 Å². The number of hydrogen-bond donors (Lipinski definition) is 0. The van der Waals surface area contributed by atoms with Gasteiger partial charge in [-0.2, -0.15) is 0 Å². The van der Waals surface area contributed by atoms with Crippen LogP contribution in [-0.4, -0.2) is 23.4 Å². The lowest BCUT2D eigenvalue weighted by Gasteiger charge is -2.30. The number of amides is 1. The van der Waals surface area contributed by atoms with Crippen molar-refractivity contribution in [2.24, 2.45) is 5.92 Å². The summed E-state index contributed by atoms with van der Waals surface area (Å²) in [5.41, 5.74) is 0.738. The third kappa shape index (κ3) is 3.81. The molecule has 1 amide bonds. The van der Waals surface area contributed by atoms with Gasteiger partial charge in [0.25, 0.3) is 5.91 Å². The molecule has 0 bridgehead atoms. The van der Waals surface area contributed by atoms with E-state index in [1.54, 1.807) is 12.1 Å². The van der Waals surface area contributed by atoms with Gasteiger partial charge in [-0.25, -0.2) is 0 Å². The summed E-state index contributed by atoms with van der Waals surface area (Å²) < 4.78 is 0.800. The lowest BCUT2D eigenvalue weighted by Crippen LogP contribution is -2.38. The van der Waals surface area contributed by atoms with Gasteiger partial charge in [-0.15, -0.1) is 0 Å². The van der Waals surface area contributed by atoms with Crippen molar-refractivity contribution in [3.8, 4) is 0 Å².